The van der Waals surface area contributed by atoms with E-state index >= 15 is 0 Å². The van der Waals surface area contributed by atoms with Crippen LogP contribution in [0.3, 0.4) is 0 Å². The quantitative estimate of drug-likeness (QED) is 0.516. The first kappa shape index (κ1) is 23.5. The van der Waals surface area contributed by atoms with Crippen LogP contribution in [-0.4, -0.2) is 55.5 Å². The maximum Gasteiger partial charge on any atom is 0.387 e. The molecule has 6 nitrogen and oxygen atoms in total. The van der Waals surface area contributed by atoms with E-state index in [1.54, 1.807) is 19.2 Å². The number of alkyl halides is 2. The van der Waals surface area contributed by atoms with Gasteiger partial charge >= 0.3 is 6.61 Å². The predicted molar refractivity (Wildman–Crippen MR) is 121 cm³/mol. The van der Waals surface area contributed by atoms with E-state index in [1.807, 2.05) is 41.1 Å². The largest absolute Gasteiger partial charge is 0.435 e. The summed E-state index contributed by atoms with van der Waals surface area (Å²) in [6.45, 7) is -0.0307. The number of guanidine groups is 1. The Morgan fingerprint density at radius 3 is 2.28 bits per heavy atom. The standard InChI is InChI=1S/C24H30F2N4O2/c1-27-24(29(2)17-19-8-12-21(13-9-19)32-23(25)26)28-16-18-6-10-20(11-7-18)22(31)30-14-4-3-5-15-30/h6-13,23H,3-5,14-17H2,1-2H3,(H,27,28). The molecule has 2 aromatic carbocycles. The number of hydrogen-bond donors (Lipinski definition) is 1. The number of carbonyl (C=O) groups excluding carboxylic acids is 1. The number of piperidine rings is 1. The summed E-state index contributed by atoms with van der Waals surface area (Å²) in [5.74, 6) is 0.937. The Hall–Kier alpha value is -3.16. The molecule has 172 valence electrons. The van der Waals surface area contributed by atoms with E-state index in [0.717, 1.165) is 42.6 Å². The molecule has 0 bridgehead atoms. The van der Waals surface area contributed by atoms with Gasteiger partial charge in [-0.25, -0.2) is 0 Å². The first-order chi connectivity index (χ1) is 15.5. The smallest absolute Gasteiger partial charge is 0.387 e. The molecule has 3 rings (SSSR count). The molecule has 0 unspecified atom stereocenters. The first-order valence-corrected chi connectivity index (χ1v) is 10.8. The maximum atomic E-state index is 12.6. The molecular formula is C24H30F2N4O2. The molecular weight excluding hydrogens is 414 g/mol. The van der Waals surface area contributed by atoms with Crippen molar-refractivity contribution < 1.29 is 18.3 Å². The van der Waals surface area contributed by atoms with Crippen LogP contribution in [0, 0.1) is 0 Å². The van der Waals surface area contributed by atoms with Gasteiger partial charge in [-0.05, 0) is 54.7 Å². The zero-order chi connectivity index (χ0) is 22.9. The van der Waals surface area contributed by atoms with Crippen molar-refractivity contribution in [1.82, 2.24) is 15.1 Å². The fourth-order valence-electron chi connectivity index (χ4n) is 3.74. The van der Waals surface area contributed by atoms with Crippen LogP contribution in [-0.2, 0) is 13.1 Å². The first-order valence-electron chi connectivity index (χ1n) is 10.8. The summed E-state index contributed by atoms with van der Waals surface area (Å²) in [7, 11) is 3.61. The second kappa shape index (κ2) is 11.5. The average Bonchev–Trinajstić information content (AvgIpc) is 2.81. The summed E-state index contributed by atoms with van der Waals surface area (Å²) in [6, 6.07) is 14.2. The molecule has 0 aromatic heterocycles. The Kier molecular flexibility index (Phi) is 8.41. The Morgan fingerprint density at radius 1 is 1.06 bits per heavy atom. The number of rotatable bonds is 7. The van der Waals surface area contributed by atoms with Crippen molar-refractivity contribution >= 4 is 11.9 Å². The highest BCUT2D eigenvalue weighted by atomic mass is 19.3. The summed E-state index contributed by atoms with van der Waals surface area (Å²) in [4.78, 5) is 20.8. The molecule has 2 aromatic rings. The SMILES string of the molecule is CN=C(NCc1ccc(C(=O)N2CCCCC2)cc1)N(C)Cc1ccc(OC(F)F)cc1. The number of nitrogens with one attached hydrogen (secondary N) is 1. The third kappa shape index (κ3) is 6.67. The number of aliphatic imine (C=N–C) groups is 1. The number of ether oxygens (including phenoxy) is 1. The summed E-state index contributed by atoms with van der Waals surface area (Å²) in [6.07, 6.45) is 3.35. The van der Waals surface area contributed by atoms with Gasteiger partial charge < -0.3 is 19.9 Å². The highest BCUT2D eigenvalue weighted by Crippen LogP contribution is 2.16. The topological polar surface area (TPSA) is 57.2 Å². The minimum Gasteiger partial charge on any atom is -0.435 e. The molecule has 32 heavy (non-hydrogen) atoms. The van der Waals surface area contributed by atoms with Crippen molar-refractivity contribution in [2.75, 3.05) is 27.2 Å². The van der Waals surface area contributed by atoms with Crippen molar-refractivity contribution in [3.8, 4) is 5.75 Å². The Morgan fingerprint density at radius 2 is 1.69 bits per heavy atom. The lowest BCUT2D eigenvalue weighted by Crippen LogP contribution is -2.38. The molecule has 1 amide bonds. The second-order valence-corrected chi connectivity index (χ2v) is 7.83. The van der Waals surface area contributed by atoms with E-state index in [-0.39, 0.29) is 11.7 Å². The van der Waals surface area contributed by atoms with E-state index in [0.29, 0.717) is 19.0 Å². The number of halogens is 2. The fourth-order valence-corrected chi connectivity index (χ4v) is 3.74. The molecule has 0 radical (unpaired) electrons. The van der Waals surface area contributed by atoms with Gasteiger partial charge in [0, 0.05) is 45.8 Å². The van der Waals surface area contributed by atoms with Crippen LogP contribution < -0.4 is 10.1 Å². The highest BCUT2D eigenvalue weighted by Gasteiger charge is 2.18. The van der Waals surface area contributed by atoms with Gasteiger partial charge in [0.05, 0.1) is 0 Å². The van der Waals surface area contributed by atoms with Crippen LogP contribution in [0.1, 0.15) is 40.7 Å². The Bertz CT molecular complexity index is 895. The zero-order valence-electron chi connectivity index (χ0n) is 18.6. The van der Waals surface area contributed by atoms with Gasteiger partial charge in [-0.1, -0.05) is 24.3 Å². The number of carbonyl (C=O) groups is 1. The van der Waals surface area contributed by atoms with Gasteiger partial charge in [0.15, 0.2) is 5.96 Å². The van der Waals surface area contributed by atoms with E-state index in [1.165, 1.54) is 18.6 Å². The van der Waals surface area contributed by atoms with Gasteiger partial charge in [-0.3, -0.25) is 9.79 Å². The molecule has 1 N–H and O–H groups in total. The number of hydrogen-bond acceptors (Lipinski definition) is 3. The third-order valence-electron chi connectivity index (χ3n) is 5.44. The molecule has 1 fully saturated rings. The van der Waals surface area contributed by atoms with Gasteiger partial charge in [-0.2, -0.15) is 8.78 Å². The summed E-state index contributed by atoms with van der Waals surface area (Å²) < 4.78 is 28.9. The lowest BCUT2D eigenvalue weighted by atomic mass is 10.1. The normalized spacial score (nSPS) is 14.4. The lowest BCUT2D eigenvalue weighted by Gasteiger charge is -2.26. The van der Waals surface area contributed by atoms with Gasteiger partial charge in [0.25, 0.3) is 5.91 Å². The zero-order valence-corrected chi connectivity index (χ0v) is 18.6. The highest BCUT2D eigenvalue weighted by molar-refractivity contribution is 5.94. The second-order valence-electron chi connectivity index (χ2n) is 7.83. The molecule has 0 spiro atoms. The summed E-state index contributed by atoms with van der Waals surface area (Å²) in [5, 5.41) is 3.31. The molecule has 0 atom stereocenters. The third-order valence-corrected chi connectivity index (χ3v) is 5.44. The number of likely N-dealkylation sites (tertiary alicyclic amines) is 1. The van der Waals surface area contributed by atoms with Gasteiger partial charge in [0.1, 0.15) is 5.75 Å². The molecule has 1 aliphatic heterocycles. The van der Waals surface area contributed by atoms with E-state index in [4.69, 9.17) is 0 Å². The van der Waals surface area contributed by atoms with Crippen LogP contribution in [0.15, 0.2) is 53.5 Å². The van der Waals surface area contributed by atoms with E-state index in [2.05, 4.69) is 15.0 Å². The molecule has 0 aliphatic carbocycles. The van der Waals surface area contributed by atoms with Crippen LogP contribution in [0.25, 0.3) is 0 Å². The van der Waals surface area contributed by atoms with Crippen molar-refractivity contribution in [2.24, 2.45) is 4.99 Å². The monoisotopic (exact) mass is 444 g/mol. The van der Waals surface area contributed by atoms with Crippen molar-refractivity contribution in [1.29, 1.82) is 0 Å². The number of benzene rings is 2. The van der Waals surface area contributed by atoms with E-state index in [9.17, 15) is 13.6 Å². The Labute approximate surface area is 187 Å². The van der Waals surface area contributed by atoms with Crippen LogP contribution >= 0.6 is 0 Å². The molecule has 1 heterocycles. The minimum atomic E-state index is -2.83. The minimum absolute atomic E-state index is 0.102. The molecule has 0 saturated carbocycles. The summed E-state index contributed by atoms with van der Waals surface area (Å²) in [5.41, 5.74) is 2.71. The predicted octanol–water partition coefficient (Wildman–Crippen LogP) is 4.12. The van der Waals surface area contributed by atoms with Crippen LogP contribution in [0.5, 0.6) is 5.75 Å². The maximum absolute atomic E-state index is 12.6. The average molecular weight is 445 g/mol. The van der Waals surface area contributed by atoms with E-state index < -0.39 is 6.61 Å². The Balaban J connectivity index is 1.51. The van der Waals surface area contributed by atoms with Crippen LogP contribution in [0.2, 0.25) is 0 Å². The van der Waals surface area contributed by atoms with Crippen LogP contribution in [0.4, 0.5) is 8.78 Å². The van der Waals surface area contributed by atoms with Crippen molar-refractivity contribution in [3.63, 3.8) is 0 Å². The van der Waals surface area contributed by atoms with Crippen molar-refractivity contribution in [2.45, 2.75) is 39.0 Å². The fraction of sp³-hybridized carbons (Fsp3) is 0.417. The van der Waals surface area contributed by atoms with Gasteiger partial charge in [-0.15, -0.1) is 0 Å². The molecule has 8 heteroatoms. The van der Waals surface area contributed by atoms with Gasteiger partial charge in [0.2, 0.25) is 0 Å². The van der Waals surface area contributed by atoms with Crippen molar-refractivity contribution in [3.05, 3.63) is 65.2 Å². The molecule has 1 saturated heterocycles. The number of nitrogens with zero attached hydrogens (tertiary/aromatic N) is 3. The lowest BCUT2D eigenvalue weighted by molar-refractivity contribution is -0.0498. The molecule has 1 aliphatic rings. The number of amides is 1. The summed E-state index contributed by atoms with van der Waals surface area (Å²) >= 11 is 0.